The molecule has 3 saturated heterocycles. The number of aliphatic hydroxyl groups is 15. The quantitative estimate of drug-likeness (QED) is 0.0816. The van der Waals surface area contributed by atoms with Gasteiger partial charge >= 0.3 is 0 Å². The van der Waals surface area contributed by atoms with E-state index in [1.165, 1.54) is 0 Å². The molecule has 21 heteroatoms. The molecular weight excluding hydrogens is 624 g/mol. The number of aliphatic hydroxyl groups excluding tert-OH is 15. The molecule has 3 heterocycles. The van der Waals surface area contributed by atoms with Crippen LogP contribution in [0.3, 0.4) is 0 Å². The molecule has 45 heavy (non-hydrogen) atoms. The fraction of sp³-hybridized carbons (Fsp3) is 1.00. The van der Waals surface area contributed by atoms with Crippen LogP contribution in [0.5, 0.6) is 0 Å². The SMILES string of the molecule is OC[C@@H](O)[C@H](O[C@H]1O[C@H](CO[C@@H]2O[C@H](CO)[C@@H](O[C@@H]3O[C@H](CO)[C@H](O)[C@H](O)[C@H]3O)[C@H](O)[C@H]2O)[C@@H](O)[C@H](O)[C@H]1O)[C@H](O)[C@@H](O)CO. The van der Waals surface area contributed by atoms with Crippen LogP contribution in [0.1, 0.15) is 0 Å². The van der Waals surface area contributed by atoms with E-state index in [0.717, 1.165) is 0 Å². The van der Waals surface area contributed by atoms with E-state index >= 15 is 0 Å². The second-order valence-corrected chi connectivity index (χ2v) is 10.9. The van der Waals surface area contributed by atoms with Crippen LogP contribution in [0.2, 0.25) is 0 Å². The van der Waals surface area contributed by atoms with Gasteiger partial charge in [-0.05, 0) is 0 Å². The molecule has 0 aromatic rings. The summed E-state index contributed by atoms with van der Waals surface area (Å²) in [6.07, 6.45) is -34.4. The highest BCUT2D eigenvalue weighted by Gasteiger charge is 2.52. The van der Waals surface area contributed by atoms with Gasteiger partial charge in [0.2, 0.25) is 0 Å². The van der Waals surface area contributed by atoms with Gasteiger partial charge in [-0.3, -0.25) is 0 Å². The molecule has 0 amide bonds. The second-order valence-electron chi connectivity index (χ2n) is 10.9. The molecule has 21 nitrogen and oxygen atoms in total. The van der Waals surface area contributed by atoms with E-state index in [1.807, 2.05) is 0 Å². The van der Waals surface area contributed by atoms with Gasteiger partial charge in [0.25, 0.3) is 0 Å². The lowest BCUT2D eigenvalue weighted by Crippen LogP contribution is -2.65. The number of rotatable bonds is 14. The average molecular weight is 669 g/mol. The Hall–Kier alpha value is -0.840. The first-order chi connectivity index (χ1) is 21.2. The van der Waals surface area contributed by atoms with Gasteiger partial charge in [0.05, 0.1) is 33.0 Å². The molecule has 19 atom stereocenters. The fourth-order valence-electron chi connectivity index (χ4n) is 5.03. The zero-order chi connectivity index (χ0) is 33.7. The lowest BCUT2D eigenvalue weighted by molar-refractivity contribution is -0.366. The van der Waals surface area contributed by atoms with Crippen molar-refractivity contribution < 1.29 is 105 Å². The largest absolute Gasteiger partial charge is 0.394 e. The Morgan fingerprint density at radius 3 is 1.56 bits per heavy atom. The third kappa shape index (κ3) is 8.61. The molecule has 0 radical (unpaired) electrons. The maximum absolute atomic E-state index is 10.7. The van der Waals surface area contributed by atoms with Gasteiger partial charge < -0.3 is 105 Å². The Labute approximate surface area is 255 Å². The molecule has 3 rings (SSSR count). The summed E-state index contributed by atoms with van der Waals surface area (Å²) < 4.78 is 32.3. The van der Waals surface area contributed by atoms with Crippen LogP contribution in [0.4, 0.5) is 0 Å². The smallest absolute Gasteiger partial charge is 0.187 e. The molecule has 3 fully saturated rings. The molecule has 0 saturated carbocycles. The van der Waals surface area contributed by atoms with Crippen molar-refractivity contribution in [2.75, 3.05) is 33.0 Å². The van der Waals surface area contributed by atoms with E-state index in [0.29, 0.717) is 0 Å². The molecule has 3 aliphatic rings. The summed E-state index contributed by atoms with van der Waals surface area (Å²) in [6, 6.07) is 0. The molecule has 0 bridgehead atoms. The van der Waals surface area contributed by atoms with E-state index in [4.69, 9.17) is 33.5 Å². The third-order valence-electron chi connectivity index (χ3n) is 7.83. The highest BCUT2D eigenvalue weighted by molar-refractivity contribution is 4.95. The van der Waals surface area contributed by atoms with E-state index in [-0.39, 0.29) is 0 Å². The zero-order valence-electron chi connectivity index (χ0n) is 23.7. The van der Waals surface area contributed by atoms with Crippen LogP contribution >= 0.6 is 0 Å². The second kappa shape index (κ2) is 17.0. The van der Waals surface area contributed by atoms with Crippen molar-refractivity contribution in [3.8, 4) is 0 Å². The molecule has 0 unspecified atom stereocenters. The van der Waals surface area contributed by atoms with Gasteiger partial charge in [0.15, 0.2) is 18.9 Å². The Morgan fingerprint density at radius 1 is 0.511 bits per heavy atom. The minimum absolute atomic E-state index is 0.759. The zero-order valence-corrected chi connectivity index (χ0v) is 23.7. The molecular formula is C24H44O21. The van der Waals surface area contributed by atoms with Crippen molar-refractivity contribution in [1.82, 2.24) is 0 Å². The Balaban J connectivity index is 1.67. The van der Waals surface area contributed by atoms with E-state index < -0.39 is 150 Å². The first kappa shape index (κ1) is 38.6. The van der Waals surface area contributed by atoms with Crippen LogP contribution in [-0.2, 0) is 28.4 Å². The predicted molar refractivity (Wildman–Crippen MR) is 136 cm³/mol. The van der Waals surface area contributed by atoms with E-state index in [1.54, 1.807) is 0 Å². The summed E-state index contributed by atoms with van der Waals surface area (Å²) in [5, 5.41) is 150. The summed E-state index contributed by atoms with van der Waals surface area (Å²) in [7, 11) is 0. The highest BCUT2D eigenvalue weighted by Crippen LogP contribution is 2.31. The molecule has 15 N–H and O–H groups in total. The maximum Gasteiger partial charge on any atom is 0.187 e. The highest BCUT2D eigenvalue weighted by atomic mass is 16.8. The average Bonchev–Trinajstić information content (AvgIpc) is 3.04. The van der Waals surface area contributed by atoms with Crippen LogP contribution in [0.15, 0.2) is 0 Å². The van der Waals surface area contributed by atoms with E-state index in [2.05, 4.69) is 0 Å². The summed E-state index contributed by atoms with van der Waals surface area (Å²) in [5.41, 5.74) is 0. The molecule has 0 aromatic heterocycles. The first-order valence-electron chi connectivity index (χ1n) is 14.0. The van der Waals surface area contributed by atoms with Crippen molar-refractivity contribution in [3.05, 3.63) is 0 Å². The van der Waals surface area contributed by atoms with Crippen molar-refractivity contribution >= 4 is 0 Å². The van der Waals surface area contributed by atoms with Crippen molar-refractivity contribution in [2.45, 2.75) is 117 Å². The van der Waals surface area contributed by atoms with Crippen molar-refractivity contribution in [3.63, 3.8) is 0 Å². The van der Waals surface area contributed by atoms with Gasteiger partial charge in [-0.1, -0.05) is 0 Å². The molecule has 0 aromatic carbocycles. The fourth-order valence-corrected chi connectivity index (χ4v) is 5.03. The normalized spacial score (nSPS) is 45.5. The number of hydrogen-bond donors (Lipinski definition) is 15. The van der Waals surface area contributed by atoms with E-state index in [9.17, 15) is 71.5 Å². The summed E-state index contributed by atoms with van der Waals surface area (Å²) in [6.45, 7) is -4.40. The van der Waals surface area contributed by atoms with Crippen molar-refractivity contribution in [1.29, 1.82) is 0 Å². The Kier molecular flexibility index (Phi) is 14.6. The Bertz CT molecular complexity index is 869. The molecule has 266 valence electrons. The van der Waals surface area contributed by atoms with Crippen LogP contribution < -0.4 is 0 Å². The van der Waals surface area contributed by atoms with Crippen molar-refractivity contribution in [2.24, 2.45) is 0 Å². The molecule has 0 aliphatic carbocycles. The van der Waals surface area contributed by atoms with Crippen LogP contribution in [-0.4, -0.2) is 226 Å². The minimum Gasteiger partial charge on any atom is -0.394 e. The lowest BCUT2D eigenvalue weighted by atomic mass is 9.96. The van der Waals surface area contributed by atoms with Gasteiger partial charge in [-0.2, -0.15) is 0 Å². The summed E-state index contributed by atoms with van der Waals surface area (Å²) in [4.78, 5) is 0. The standard InChI is InChI=1S/C24H44O21/c25-1-6(29)11(31)20(7(30)2-26)44-24-18(38)15(35)13(33)10(43-24)5-40-22-19(39)16(36)21(9(4-28)42-22)45-23-17(37)14(34)12(32)8(3-27)41-23/h6-39H,1-5H2/t6-,7+,8+,9+,10+,11+,12-,13+,14-,15-,16+,17+,18+,19+,20-,21+,22+,23-,24+/m0/s1. The van der Waals surface area contributed by atoms with Gasteiger partial charge in [0, 0.05) is 0 Å². The summed E-state index contributed by atoms with van der Waals surface area (Å²) in [5.74, 6) is 0. The lowest BCUT2D eigenvalue weighted by Gasteiger charge is -2.46. The maximum atomic E-state index is 10.7. The third-order valence-corrected chi connectivity index (χ3v) is 7.83. The topological polar surface area (TPSA) is 359 Å². The summed E-state index contributed by atoms with van der Waals surface area (Å²) >= 11 is 0. The van der Waals surface area contributed by atoms with Crippen LogP contribution in [0, 0.1) is 0 Å². The molecule has 3 aliphatic heterocycles. The predicted octanol–water partition coefficient (Wildman–Crippen LogP) is -10.1. The molecule has 0 spiro atoms. The van der Waals surface area contributed by atoms with Gasteiger partial charge in [-0.15, -0.1) is 0 Å². The first-order valence-corrected chi connectivity index (χ1v) is 14.0. The number of ether oxygens (including phenoxy) is 6. The number of hydrogen-bond acceptors (Lipinski definition) is 21. The minimum atomic E-state index is -2.02. The van der Waals surface area contributed by atoms with Crippen LogP contribution in [0.25, 0.3) is 0 Å². The Morgan fingerprint density at radius 2 is 1.00 bits per heavy atom. The van der Waals surface area contributed by atoms with Gasteiger partial charge in [-0.25, -0.2) is 0 Å². The monoisotopic (exact) mass is 668 g/mol. The van der Waals surface area contributed by atoms with Gasteiger partial charge in [0.1, 0.15) is 97.7 Å².